The van der Waals surface area contributed by atoms with E-state index in [2.05, 4.69) is 9.88 Å². The van der Waals surface area contributed by atoms with Crippen LogP contribution in [0.5, 0.6) is 0 Å². The van der Waals surface area contributed by atoms with Gasteiger partial charge in [0.25, 0.3) is 0 Å². The van der Waals surface area contributed by atoms with Crippen molar-refractivity contribution in [2.24, 2.45) is 0 Å². The molecule has 1 amide bonds. The average molecular weight is 320 g/mol. The number of carbonyl (C=O) groups is 1. The molecule has 0 spiro atoms. The smallest absolute Gasteiger partial charge is 0.223 e. The van der Waals surface area contributed by atoms with Gasteiger partial charge >= 0.3 is 0 Å². The Hall–Kier alpha value is -1.07. The monoisotopic (exact) mass is 320 g/mol. The maximum Gasteiger partial charge on any atom is 0.223 e. The van der Waals surface area contributed by atoms with Crippen molar-refractivity contribution in [2.75, 3.05) is 24.7 Å². The summed E-state index contributed by atoms with van der Waals surface area (Å²) >= 11 is 1.96. The SMILES string of the molecule is O=C(CCc1ccncc1)N(C[C@@H]1CCCO1)[C@H]1CCSC1. The van der Waals surface area contributed by atoms with Gasteiger partial charge in [0.05, 0.1) is 6.10 Å². The number of pyridine rings is 1. The summed E-state index contributed by atoms with van der Waals surface area (Å²) in [5, 5.41) is 0. The minimum Gasteiger partial charge on any atom is -0.376 e. The van der Waals surface area contributed by atoms with Crippen LogP contribution in [0.15, 0.2) is 24.5 Å². The number of thioether (sulfide) groups is 1. The Bertz CT molecular complexity index is 471. The van der Waals surface area contributed by atoms with Crippen molar-refractivity contribution in [3.8, 4) is 0 Å². The van der Waals surface area contributed by atoms with Gasteiger partial charge in [-0.3, -0.25) is 9.78 Å². The predicted octanol–water partition coefficient (Wildman–Crippen LogP) is 2.53. The normalized spacial score (nSPS) is 24.5. The third kappa shape index (κ3) is 4.23. The summed E-state index contributed by atoms with van der Waals surface area (Å²) in [6.07, 6.45) is 8.54. The first kappa shape index (κ1) is 15.8. The number of nitrogens with zero attached hydrogens (tertiary/aromatic N) is 2. The Morgan fingerprint density at radius 1 is 1.36 bits per heavy atom. The second-order valence-electron chi connectivity index (χ2n) is 6.05. The molecule has 0 aliphatic carbocycles. The highest BCUT2D eigenvalue weighted by Gasteiger charge is 2.30. The lowest BCUT2D eigenvalue weighted by Crippen LogP contribution is -2.44. The van der Waals surface area contributed by atoms with Crippen LogP contribution in [-0.4, -0.2) is 52.6 Å². The molecule has 0 bridgehead atoms. The standard InChI is InChI=1S/C17H24N2O2S/c20-17(4-3-14-5-8-18-9-6-14)19(15-7-11-22-13-15)12-16-2-1-10-21-16/h5-6,8-9,15-16H,1-4,7,10-13H2/t15-,16-/m0/s1. The number of rotatable bonds is 6. The van der Waals surface area contributed by atoms with Crippen LogP contribution in [0.25, 0.3) is 0 Å². The molecule has 120 valence electrons. The Labute approximate surface area is 136 Å². The van der Waals surface area contributed by atoms with Gasteiger partial charge < -0.3 is 9.64 Å². The number of ether oxygens (including phenoxy) is 1. The number of hydrogen-bond acceptors (Lipinski definition) is 4. The van der Waals surface area contributed by atoms with Gasteiger partial charge in [-0.15, -0.1) is 0 Å². The van der Waals surface area contributed by atoms with Gasteiger partial charge in [-0.2, -0.15) is 11.8 Å². The van der Waals surface area contributed by atoms with Gasteiger partial charge in [0.2, 0.25) is 5.91 Å². The zero-order valence-electron chi connectivity index (χ0n) is 12.9. The van der Waals surface area contributed by atoms with Crippen LogP contribution in [0, 0.1) is 0 Å². The van der Waals surface area contributed by atoms with Gasteiger partial charge in [-0.25, -0.2) is 0 Å². The van der Waals surface area contributed by atoms with E-state index in [9.17, 15) is 4.79 Å². The topological polar surface area (TPSA) is 42.4 Å². The quantitative estimate of drug-likeness (QED) is 0.808. The fraction of sp³-hybridized carbons (Fsp3) is 0.647. The first-order chi connectivity index (χ1) is 10.8. The van der Waals surface area contributed by atoms with Crippen LogP contribution in [0.1, 0.15) is 31.2 Å². The minimum absolute atomic E-state index is 0.246. The lowest BCUT2D eigenvalue weighted by molar-refractivity contribution is -0.134. The molecule has 0 aromatic carbocycles. The third-order valence-electron chi connectivity index (χ3n) is 4.47. The Kier molecular flexibility index (Phi) is 5.73. The summed E-state index contributed by atoms with van der Waals surface area (Å²) in [6, 6.07) is 4.38. The third-order valence-corrected chi connectivity index (χ3v) is 5.61. The first-order valence-electron chi connectivity index (χ1n) is 8.20. The molecular weight excluding hydrogens is 296 g/mol. The molecule has 3 rings (SSSR count). The van der Waals surface area contributed by atoms with Crippen molar-refractivity contribution >= 4 is 17.7 Å². The number of hydrogen-bond donors (Lipinski definition) is 0. The molecule has 22 heavy (non-hydrogen) atoms. The molecule has 1 aromatic heterocycles. The van der Waals surface area contributed by atoms with E-state index in [1.165, 1.54) is 11.3 Å². The van der Waals surface area contributed by atoms with Gasteiger partial charge in [-0.05, 0) is 49.1 Å². The van der Waals surface area contributed by atoms with Crippen LogP contribution < -0.4 is 0 Å². The molecule has 3 heterocycles. The highest BCUT2D eigenvalue weighted by Crippen LogP contribution is 2.25. The highest BCUT2D eigenvalue weighted by molar-refractivity contribution is 7.99. The molecule has 2 atom stereocenters. The van der Waals surface area contributed by atoms with E-state index in [1.807, 2.05) is 23.9 Å². The molecule has 1 aromatic rings. The van der Waals surface area contributed by atoms with Crippen molar-refractivity contribution in [2.45, 2.75) is 44.2 Å². The molecule has 2 saturated heterocycles. The minimum atomic E-state index is 0.246. The number of aryl methyl sites for hydroxylation is 1. The summed E-state index contributed by atoms with van der Waals surface area (Å²) in [4.78, 5) is 18.9. The summed E-state index contributed by atoms with van der Waals surface area (Å²) in [5.74, 6) is 2.53. The Balaban J connectivity index is 1.58. The van der Waals surface area contributed by atoms with Crippen LogP contribution >= 0.6 is 11.8 Å². The van der Waals surface area contributed by atoms with Gasteiger partial charge in [0.1, 0.15) is 0 Å². The van der Waals surface area contributed by atoms with Gasteiger partial charge in [0.15, 0.2) is 0 Å². The van der Waals surface area contributed by atoms with Crippen molar-refractivity contribution in [1.29, 1.82) is 0 Å². The van der Waals surface area contributed by atoms with E-state index in [0.717, 1.165) is 44.6 Å². The fourth-order valence-electron chi connectivity index (χ4n) is 3.17. The Morgan fingerprint density at radius 2 is 2.23 bits per heavy atom. The van der Waals surface area contributed by atoms with Crippen molar-refractivity contribution in [1.82, 2.24) is 9.88 Å². The van der Waals surface area contributed by atoms with Crippen LogP contribution in [0.4, 0.5) is 0 Å². The highest BCUT2D eigenvalue weighted by atomic mass is 32.2. The number of carbonyl (C=O) groups excluding carboxylic acids is 1. The largest absolute Gasteiger partial charge is 0.376 e. The van der Waals surface area contributed by atoms with E-state index in [-0.39, 0.29) is 12.0 Å². The van der Waals surface area contributed by atoms with E-state index in [1.54, 1.807) is 12.4 Å². The molecule has 2 aliphatic rings. The molecule has 0 unspecified atom stereocenters. The van der Waals surface area contributed by atoms with E-state index in [4.69, 9.17) is 4.74 Å². The second-order valence-corrected chi connectivity index (χ2v) is 7.20. The number of amides is 1. The molecule has 0 saturated carbocycles. The summed E-state index contributed by atoms with van der Waals surface area (Å²) in [7, 11) is 0. The Morgan fingerprint density at radius 3 is 2.91 bits per heavy atom. The first-order valence-corrected chi connectivity index (χ1v) is 9.36. The van der Waals surface area contributed by atoms with Crippen LogP contribution in [0.2, 0.25) is 0 Å². The second kappa shape index (κ2) is 7.97. The number of aromatic nitrogens is 1. The lowest BCUT2D eigenvalue weighted by Gasteiger charge is -2.31. The fourth-order valence-corrected chi connectivity index (χ4v) is 4.40. The maximum atomic E-state index is 12.7. The zero-order chi connectivity index (χ0) is 15.2. The lowest BCUT2D eigenvalue weighted by atomic mass is 10.1. The summed E-state index contributed by atoms with van der Waals surface area (Å²) < 4.78 is 5.75. The van der Waals surface area contributed by atoms with Crippen LogP contribution in [-0.2, 0) is 16.0 Å². The van der Waals surface area contributed by atoms with Crippen molar-refractivity contribution in [3.63, 3.8) is 0 Å². The van der Waals surface area contributed by atoms with Gasteiger partial charge in [0, 0.05) is 43.8 Å². The van der Waals surface area contributed by atoms with E-state index < -0.39 is 0 Å². The van der Waals surface area contributed by atoms with Crippen molar-refractivity contribution < 1.29 is 9.53 Å². The molecule has 4 nitrogen and oxygen atoms in total. The van der Waals surface area contributed by atoms with Crippen LogP contribution in [0.3, 0.4) is 0 Å². The molecule has 0 N–H and O–H groups in total. The van der Waals surface area contributed by atoms with E-state index in [0.29, 0.717) is 12.5 Å². The molecule has 2 aliphatic heterocycles. The predicted molar refractivity (Wildman–Crippen MR) is 89.0 cm³/mol. The van der Waals surface area contributed by atoms with E-state index >= 15 is 0 Å². The summed E-state index contributed by atoms with van der Waals surface area (Å²) in [5.41, 5.74) is 1.18. The maximum absolute atomic E-state index is 12.7. The molecule has 5 heteroatoms. The zero-order valence-corrected chi connectivity index (χ0v) is 13.8. The summed E-state index contributed by atoms with van der Waals surface area (Å²) in [6.45, 7) is 1.63. The van der Waals surface area contributed by atoms with Crippen molar-refractivity contribution in [3.05, 3.63) is 30.1 Å². The van der Waals surface area contributed by atoms with Gasteiger partial charge in [-0.1, -0.05) is 0 Å². The molecule has 0 radical (unpaired) electrons. The average Bonchev–Trinajstić information content (AvgIpc) is 3.24. The molecular formula is C17H24N2O2S. The molecule has 2 fully saturated rings.